The maximum Gasteiger partial charge on any atom is 0.220 e. The third kappa shape index (κ3) is 3.72. The topological polar surface area (TPSA) is 51.8 Å². The van der Waals surface area contributed by atoms with E-state index in [1.807, 2.05) is 45.2 Å². The molecule has 0 aliphatic heterocycles. The second-order valence-electron chi connectivity index (χ2n) is 8.99. The Kier molecular flexibility index (Phi) is 5.95. The van der Waals surface area contributed by atoms with E-state index in [4.69, 9.17) is 14.2 Å². The number of pyridine rings is 1. The van der Waals surface area contributed by atoms with Crippen LogP contribution in [0.5, 0.6) is 17.2 Å². The van der Waals surface area contributed by atoms with Crippen molar-refractivity contribution in [3.05, 3.63) is 72.4 Å². The molecule has 1 N–H and O–H groups in total. The molecule has 0 atom stereocenters. The molecule has 1 aromatic heterocycles. The first-order valence-corrected chi connectivity index (χ1v) is 11.8. The fraction of sp³-hybridized carbons (Fsp3) is 0.233. The smallest absolute Gasteiger partial charge is 0.220 e. The van der Waals surface area contributed by atoms with Crippen LogP contribution in [-0.2, 0) is 13.7 Å². The van der Waals surface area contributed by atoms with Gasteiger partial charge >= 0.3 is 0 Å². The van der Waals surface area contributed by atoms with E-state index in [0.717, 1.165) is 54.9 Å². The van der Waals surface area contributed by atoms with E-state index in [-0.39, 0.29) is 12.7 Å². The van der Waals surface area contributed by atoms with Gasteiger partial charge in [0.25, 0.3) is 0 Å². The van der Waals surface area contributed by atoms with Gasteiger partial charge in [-0.1, -0.05) is 48.5 Å². The Morgan fingerprint density at radius 2 is 1.51 bits per heavy atom. The Hall–Kier alpha value is -3.83. The van der Waals surface area contributed by atoms with Crippen LogP contribution in [0.25, 0.3) is 43.6 Å². The summed E-state index contributed by atoms with van der Waals surface area (Å²) in [6.07, 6.45) is 2.08. The van der Waals surface area contributed by atoms with Gasteiger partial charge in [-0.25, -0.2) is 0 Å². The summed E-state index contributed by atoms with van der Waals surface area (Å²) in [6.45, 7) is 3.92. The molecule has 178 valence electrons. The van der Waals surface area contributed by atoms with Crippen LogP contribution in [0.3, 0.4) is 0 Å². The molecule has 5 aromatic rings. The summed E-state index contributed by atoms with van der Waals surface area (Å²) in [4.78, 5) is 0. The zero-order chi connectivity index (χ0) is 24.7. The summed E-state index contributed by atoms with van der Waals surface area (Å²) in [5, 5.41) is 15.3. The second-order valence-corrected chi connectivity index (χ2v) is 8.99. The van der Waals surface area contributed by atoms with Crippen LogP contribution in [-0.4, -0.2) is 25.4 Å². The molecule has 5 heteroatoms. The lowest BCUT2D eigenvalue weighted by Crippen LogP contribution is -2.29. The van der Waals surface area contributed by atoms with Gasteiger partial charge in [0.15, 0.2) is 17.7 Å². The molecule has 0 saturated heterocycles. The summed E-state index contributed by atoms with van der Waals surface area (Å²) in [5.74, 6) is 2.13. The third-order valence-corrected chi connectivity index (χ3v) is 6.47. The highest BCUT2D eigenvalue weighted by atomic mass is 16.5. The molecule has 0 aliphatic rings. The number of ether oxygens (including phenoxy) is 3. The summed E-state index contributed by atoms with van der Waals surface area (Å²) in [5.41, 5.74) is 3.93. The Morgan fingerprint density at radius 1 is 0.800 bits per heavy atom. The van der Waals surface area contributed by atoms with Crippen LogP contribution in [0.1, 0.15) is 19.4 Å². The predicted molar refractivity (Wildman–Crippen MR) is 140 cm³/mol. The van der Waals surface area contributed by atoms with Crippen LogP contribution in [0.15, 0.2) is 66.9 Å². The molecule has 0 saturated carbocycles. The van der Waals surface area contributed by atoms with Gasteiger partial charge in [0, 0.05) is 21.9 Å². The first-order chi connectivity index (χ1) is 17.0. The number of rotatable bonds is 6. The molecule has 0 aliphatic carbocycles. The normalized spacial score (nSPS) is 11.5. The van der Waals surface area contributed by atoms with E-state index in [1.54, 1.807) is 14.2 Å². The summed E-state index contributed by atoms with van der Waals surface area (Å²) in [6, 6.07) is 20.7. The monoisotopic (exact) mass is 468 g/mol. The van der Waals surface area contributed by atoms with Gasteiger partial charge in [-0.15, -0.1) is 0 Å². The first kappa shape index (κ1) is 22.9. The van der Waals surface area contributed by atoms with Crippen molar-refractivity contribution < 1.29 is 23.9 Å². The van der Waals surface area contributed by atoms with Crippen molar-refractivity contribution in [1.29, 1.82) is 0 Å². The highest BCUT2D eigenvalue weighted by molar-refractivity contribution is 6.18. The number of aryl methyl sites for hydroxylation is 1. The van der Waals surface area contributed by atoms with Crippen molar-refractivity contribution in [3.63, 3.8) is 0 Å². The van der Waals surface area contributed by atoms with Crippen molar-refractivity contribution in [2.24, 2.45) is 7.05 Å². The highest BCUT2D eigenvalue weighted by Gasteiger charge is 2.24. The van der Waals surface area contributed by atoms with Crippen LogP contribution in [0.2, 0.25) is 0 Å². The largest absolute Gasteiger partial charge is 0.493 e. The number of nitrogens with zero attached hydrogens (tertiary/aromatic N) is 1. The molecule has 4 aromatic carbocycles. The Morgan fingerprint density at radius 3 is 2.17 bits per heavy atom. The van der Waals surface area contributed by atoms with Crippen molar-refractivity contribution in [2.45, 2.75) is 26.6 Å². The molecule has 0 amide bonds. The Balaban J connectivity index is 1.94. The average Bonchev–Trinajstić information content (AvgIpc) is 2.87. The standard InChI is InChI=1S/C30H30NO4/c1-18(2)35-29-20(17-32)11-12-21-23-14-13-22-24(28(23)31(3)16-25(21)29)15-26(33-4)30(34-5)27(22)19-9-7-6-8-10-19/h6-16,18,32H,17H2,1-5H3/q+1. The SMILES string of the molecule is COc1cc2c(ccc3c4ccc(CO)c(OC(C)C)c4c[n+](C)c23)c(-c2ccccc2)c1OC. The highest BCUT2D eigenvalue weighted by Crippen LogP contribution is 2.46. The van der Waals surface area contributed by atoms with Crippen LogP contribution in [0, 0.1) is 0 Å². The predicted octanol–water partition coefficient (Wildman–Crippen LogP) is 5.93. The lowest BCUT2D eigenvalue weighted by molar-refractivity contribution is -0.642. The van der Waals surface area contributed by atoms with Gasteiger partial charge in [-0.05, 0) is 31.5 Å². The molecular formula is C30H30NO4+. The zero-order valence-corrected chi connectivity index (χ0v) is 20.8. The molecule has 35 heavy (non-hydrogen) atoms. The van der Waals surface area contributed by atoms with E-state index >= 15 is 0 Å². The van der Waals surface area contributed by atoms with Gasteiger partial charge in [0.1, 0.15) is 12.8 Å². The average molecular weight is 469 g/mol. The lowest BCUT2D eigenvalue weighted by Gasteiger charge is -2.18. The maximum absolute atomic E-state index is 9.95. The van der Waals surface area contributed by atoms with E-state index in [0.29, 0.717) is 11.5 Å². The zero-order valence-electron chi connectivity index (χ0n) is 20.8. The Labute approximate surface area is 205 Å². The Bertz CT molecular complexity index is 1560. The van der Waals surface area contributed by atoms with Gasteiger partial charge < -0.3 is 19.3 Å². The number of methoxy groups -OCH3 is 2. The second kappa shape index (κ2) is 9.08. The van der Waals surface area contributed by atoms with E-state index < -0.39 is 0 Å². The molecule has 0 fully saturated rings. The molecule has 0 radical (unpaired) electrons. The lowest BCUT2D eigenvalue weighted by atomic mass is 9.93. The summed E-state index contributed by atoms with van der Waals surface area (Å²) >= 11 is 0. The third-order valence-electron chi connectivity index (χ3n) is 6.47. The number of aromatic nitrogens is 1. The van der Waals surface area contributed by atoms with Gasteiger partial charge in [-0.2, -0.15) is 4.57 Å². The quantitative estimate of drug-likeness (QED) is 0.248. The molecular weight excluding hydrogens is 438 g/mol. The number of aliphatic hydroxyl groups excluding tert-OH is 1. The maximum atomic E-state index is 9.95. The molecule has 0 spiro atoms. The van der Waals surface area contributed by atoms with Crippen molar-refractivity contribution in [1.82, 2.24) is 0 Å². The number of aliphatic hydroxyl groups is 1. The molecule has 1 heterocycles. The number of hydrogen-bond acceptors (Lipinski definition) is 4. The van der Waals surface area contributed by atoms with Gasteiger partial charge in [0.2, 0.25) is 5.52 Å². The van der Waals surface area contributed by atoms with Gasteiger partial charge in [-0.3, -0.25) is 0 Å². The minimum Gasteiger partial charge on any atom is -0.493 e. The minimum absolute atomic E-state index is 0.00587. The van der Waals surface area contributed by atoms with Crippen molar-refractivity contribution in [2.75, 3.05) is 14.2 Å². The van der Waals surface area contributed by atoms with Crippen LogP contribution in [0.4, 0.5) is 0 Å². The number of hydrogen-bond donors (Lipinski definition) is 1. The van der Waals surface area contributed by atoms with E-state index in [1.165, 1.54) is 0 Å². The molecule has 0 bridgehead atoms. The summed E-state index contributed by atoms with van der Waals surface area (Å²) in [7, 11) is 5.40. The minimum atomic E-state index is -0.0745. The fourth-order valence-electron chi connectivity index (χ4n) is 5.02. The van der Waals surface area contributed by atoms with Crippen molar-refractivity contribution >= 4 is 32.4 Å². The fourth-order valence-corrected chi connectivity index (χ4v) is 5.02. The van der Waals surface area contributed by atoms with Crippen molar-refractivity contribution in [3.8, 4) is 28.4 Å². The molecule has 5 rings (SSSR count). The first-order valence-electron chi connectivity index (χ1n) is 11.8. The summed E-state index contributed by atoms with van der Waals surface area (Å²) < 4.78 is 20.0. The molecule has 0 unspecified atom stereocenters. The number of fused-ring (bicyclic) bond motifs is 5. The van der Waals surface area contributed by atoms with E-state index in [9.17, 15) is 5.11 Å². The van der Waals surface area contributed by atoms with Gasteiger partial charge in [0.05, 0.1) is 43.1 Å². The van der Waals surface area contributed by atoms with Crippen LogP contribution < -0.4 is 18.8 Å². The van der Waals surface area contributed by atoms with E-state index in [2.05, 4.69) is 47.2 Å². The van der Waals surface area contributed by atoms with Crippen LogP contribution >= 0.6 is 0 Å². The molecule has 5 nitrogen and oxygen atoms in total. The number of benzene rings is 4.